The Hall–Kier alpha value is -7.02. The minimum Gasteiger partial charge on any atom is -0.0622 e. The van der Waals surface area contributed by atoms with E-state index in [2.05, 4.69) is 206 Å². The Bertz CT molecular complexity index is 3020. The molecule has 0 heteroatoms. The van der Waals surface area contributed by atoms with E-state index < -0.39 is 0 Å². The zero-order valence-corrected chi connectivity index (χ0v) is 31.5. The summed E-state index contributed by atoms with van der Waals surface area (Å²) in [7, 11) is 0. The Balaban J connectivity index is 0.973. The van der Waals surface area contributed by atoms with Gasteiger partial charge in [-0.25, -0.2) is 0 Å². The van der Waals surface area contributed by atoms with E-state index in [0.29, 0.717) is 0 Å². The monoisotopic (exact) mass is 722 g/mol. The Morgan fingerprint density at radius 1 is 0.281 bits per heavy atom. The summed E-state index contributed by atoms with van der Waals surface area (Å²) in [5.41, 5.74) is 27.0. The highest BCUT2D eigenvalue weighted by molar-refractivity contribution is 5.92. The molecule has 0 radical (unpaired) electrons. The van der Waals surface area contributed by atoms with Crippen LogP contribution in [-0.2, 0) is 6.42 Å². The molecule has 0 saturated carbocycles. The molecule has 0 aliphatic heterocycles. The molecule has 0 aromatic heterocycles. The Labute approximate surface area is 334 Å². The van der Waals surface area contributed by atoms with Crippen molar-refractivity contribution in [1.82, 2.24) is 0 Å². The molecule has 0 nitrogen and oxygen atoms in total. The molecule has 3 aliphatic rings. The van der Waals surface area contributed by atoms with Gasteiger partial charge in [0, 0.05) is 11.8 Å². The zero-order chi connectivity index (χ0) is 37.5. The van der Waals surface area contributed by atoms with Gasteiger partial charge in [0.15, 0.2) is 0 Å². The molecule has 0 spiro atoms. The van der Waals surface area contributed by atoms with Gasteiger partial charge in [0.2, 0.25) is 0 Å². The number of fused-ring (bicyclic) bond motifs is 10. The molecule has 9 aromatic rings. The van der Waals surface area contributed by atoms with E-state index in [0.717, 1.165) is 6.42 Å². The van der Waals surface area contributed by atoms with Crippen molar-refractivity contribution < 1.29 is 0 Å². The molecule has 3 aliphatic carbocycles. The molecule has 2 atom stereocenters. The highest BCUT2D eigenvalue weighted by atomic mass is 14.4. The van der Waals surface area contributed by atoms with E-state index in [1.807, 2.05) is 0 Å². The van der Waals surface area contributed by atoms with Gasteiger partial charge in [0.25, 0.3) is 0 Å². The van der Waals surface area contributed by atoms with Crippen molar-refractivity contribution >= 4 is 0 Å². The number of benzene rings is 9. The lowest BCUT2D eigenvalue weighted by Gasteiger charge is -2.19. The standard InChI is InChI=1S/C57H38/c1-3-12-36(13-4-1)38-22-24-39(25-23-38)55-48-21-10-9-20-46(48)52-33-41(26-28-49(52)55)42-27-29-50-53(34-42)51-31-30-47-45-19-8-7-16-43(45)35-54(47)57(51)56(50)44-18-11-17-40(32-44)37-14-5-2-6-15-37/h1-34,55-56H,35H2. The Morgan fingerprint density at radius 3 is 1.56 bits per heavy atom. The molecular formula is C57H38. The number of hydrogen-bond donors (Lipinski definition) is 0. The topological polar surface area (TPSA) is 0 Å². The maximum absolute atomic E-state index is 2.48. The minimum atomic E-state index is 0.165. The van der Waals surface area contributed by atoms with Crippen LogP contribution in [0.15, 0.2) is 206 Å². The van der Waals surface area contributed by atoms with Crippen LogP contribution in [0.25, 0.3) is 66.8 Å². The van der Waals surface area contributed by atoms with Gasteiger partial charge in [-0.05, 0) is 130 Å². The summed E-state index contributed by atoms with van der Waals surface area (Å²) in [6.07, 6.45) is 0.977. The van der Waals surface area contributed by atoms with Crippen molar-refractivity contribution in [3.05, 3.63) is 251 Å². The first-order valence-electron chi connectivity index (χ1n) is 20.2. The summed E-state index contributed by atoms with van der Waals surface area (Å²) in [5, 5.41) is 0. The quantitative estimate of drug-likeness (QED) is 0.166. The lowest BCUT2D eigenvalue weighted by atomic mass is 9.84. The van der Waals surface area contributed by atoms with Gasteiger partial charge in [0.1, 0.15) is 0 Å². The van der Waals surface area contributed by atoms with Crippen molar-refractivity contribution in [1.29, 1.82) is 0 Å². The first-order valence-corrected chi connectivity index (χ1v) is 20.2. The van der Waals surface area contributed by atoms with Crippen LogP contribution in [0.1, 0.15) is 56.3 Å². The summed E-state index contributed by atoms with van der Waals surface area (Å²) in [4.78, 5) is 0. The molecule has 0 amide bonds. The molecule has 0 saturated heterocycles. The number of hydrogen-bond acceptors (Lipinski definition) is 0. The summed E-state index contributed by atoms with van der Waals surface area (Å²) in [6, 6.07) is 77.2. The second-order valence-corrected chi connectivity index (χ2v) is 15.9. The predicted molar refractivity (Wildman–Crippen MR) is 237 cm³/mol. The van der Waals surface area contributed by atoms with Gasteiger partial charge in [0.05, 0.1) is 0 Å². The summed E-state index contributed by atoms with van der Waals surface area (Å²) < 4.78 is 0. The molecule has 0 bridgehead atoms. The molecule has 12 rings (SSSR count). The van der Waals surface area contributed by atoms with Crippen LogP contribution in [0.4, 0.5) is 0 Å². The van der Waals surface area contributed by atoms with Gasteiger partial charge in [-0.2, -0.15) is 0 Å². The highest BCUT2D eigenvalue weighted by Gasteiger charge is 2.36. The molecule has 0 fully saturated rings. The van der Waals surface area contributed by atoms with E-state index in [9.17, 15) is 0 Å². The van der Waals surface area contributed by atoms with Crippen LogP contribution in [0.2, 0.25) is 0 Å². The third-order valence-corrected chi connectivity index (χ3v) is 12.9. The van der Waals surface area contributed by atoms with Gasteiger partial charge in [-0.3, -0.25) is 0 Å². The van der Waals surface area contributed by atoms with Gasteiger partial charge in [-0.1, -0.05) is 194 Å². The van der Waals surface area contributed by atoms with Crippen molar-refractivity contribution in [2.45, 2.75) is 18.3 Å². The minimum absolute atomic E-state index is 0.165. The lowest BCUT2D eigenvalue weighted by Crippen LogP contribution is -2.03. The fraction of sp³-hybridized carbons (Fsp3) is 0.0526. The van der Waals surface area contributed by atoms with E-state index in [1.165, 1.54) is 111 Å². The summed E-state index contributed by atoms with van der Waals surface area (Å²) in [5.74, 6) is 0.374. The molecule has 0 heterocycles. The van der Waals surface area contributed by atoms with Crippen molar-refractivity contribution in [3.63, 3.8) is 0 Å². The van der Waals surface area contributed by atoms with Crippen LogP contribution in [0.5, 0.6) is 0 Å². The third kappa shape index (κ3) is 5.07. The van der Waals surface area contributed by atoms with Gasteiger partial charge >= 0.3 is 0 Å². The van der Waals surface area contributed by atoms with E-state index in [-0.39, 0.29) is 11.8 Å². The molecule has 0 N–H and O–H groups in total. The lowest BCUT2D eigenvalue weighted by molar-refractivity contribution is 0.991. The average molecular weight is 723 g/mol. The van der Waals surface area contributed by atoms with Crippen LogP contribution < -0.4 is 0 Å². The first kappa shape index (κ1) is 32.2. The fourth-order valence-corrected chi connectivity index (χ4v) is 10.3. The van der Waals surface area contributed by atoms with Crippen LogP contribution >= 0.6 is 0 Å². The van der Waals surface area contributed by atoms with E-state index in [4.69, 9.17) is 0 Å². The van der Waals surface area contributed by atoms with Crippen LogP contribution in [0.3, 0.4) is 0 Å². The highest BCUT2D eigenvalue weighted by Crippen LogP contribution is 2.55. The zero-order valence-electron chi connectivity index (χ0n) is 31.5. The van der Waals surface area contributed by atoms with Gasteiger partial charge < -0.3 is 0 Å². The summed E-state index contributed by atoms with van der Waals surface area (Å²) >= 11 is 0. The smallest absolute Gasteiger partial charge is 0.0355 e. The van der Waals surface area contributed by atoms with Crippen molar-refractivity contribution in [2.75, 3.05) is 0 Å². The molecule has 9 aromatic carbocycles. The maximum atomic E-state index is 2.48. The summed E-state index contributed by atoms with van der Waals surface area (Å²) in [6.45, 7) is 0. The van der Waals surface area contributed by atoms with Crippen molar-refractivity contribution in [3.8, 4) is 66.8 Å². The fourth-order valence-electron chi connectivity index (χ4n) is 10.3. The maximum Gasteiger partial charge on any atom is 0.0355 e. The molecule has 57 heavy (non-hydrogen) atoms. The van der Waals surface area contributed by atoms with Crippen LogP contribution in [0, 0.1) is 0 Å². The Kier molecular flexibility index (Phi) is 7.22. The predicted octanol–water partition coefficient (Wildman–Crippen LogP) is 14.6. The van der Waals surface area contributed by atoms with Crippen LogP contribution in [-0.4, -0.2) is 0 Å². The van der Waals surface area contributed by atoms with Gasteiger partial charge in [-0.15, -0.1) is 0 Å². The second kappa shape index (κ2) is 12.8. The number of rotatable bonds is 5. The van der Waals surface area contributed by atoms with E-state index >= 15 is 0 Å². The van der Waals surface area contributed by atoms with E-state index in [1.54, 1.807) is 0 Å². The van der Waals surface area contributed by atoms with Crippen molar-refractivity contribution in [2.24, 2.45) is 0 Å². The largest absolute Gasteiger partial charge is 0.0622 e. The molecular weight excluding hydrogens is 685 g/mol. The SMILES string of the molecule is c1ccc(-c2ccc(C3c4ccccc4-c4cc(-c5ccc6c(c5)-c5ccc7c(c5C6c5cccc(-c6ccccc6)c5)Cc5ccccc5-7)ccc43)cc2)cc1. The first-order chi connectivity index (χ1) is 28.3. The Morgan fingerprint density at radius 2 is 0.807 bits per heavy atom. The third-order valence-electron chi connectivity index (χ3n) is 12.9. The average Bonchev–Trinajstić information content (AvgIpc) is 3.94. The second-order valence-electron chi connectivity index (χ2n) is 15.9. The normalized spacial score (nSPS) is 15.3. The molecule has 266 valence electrons. The molecule has 2 unspecified atom stereocenters.